The molecular weight excluding hydrogens is 222 g/mol. The van der Waals surface area contributed by atoms with Gasteiger partial charge < -0.3 is 10.5 Å². The monoisotopic (exact) mass is 239 g/mol. The van der Waals surface area contributed by atoms with Gasteiger partial charge in [-0.3, -0.25) is 0 Å². The van der Waals surface area contributed by atoms with Crippen LogP contribution in [-0.2, 0) is 6.54 Å². The Bertz CT molecular complexity index is 348. The molecule has 88 valence electrons. The van der Waals surface area contributed by atoms with E-state index in [2.05, 4.69) is 0 Å². The summed E-state index contributed by atoms with van der Waals surface area (Å²) < 4.78 is 5.91. The van der Waals surface area contributed by atoms with Gasteiger partial charge >= 0.3 is 0 Å². The second-order valence-electron chi connectivity index (χ2n) is 4.35. The maximum Gasteiger partial charge on any atom is 0.138 e. The van der Waals surface area contributed by atoms with Gasteiger partial charge in [-0.15, -0.1) is 0 Å². The molecule has 1 aliphatic rings. The quantitative estimate of drug-likeness (QED) is 0.876. The van der Waals surface area contributed by atoms with E-state index in [4.69, 9.17) is 22.1 Å². The summed E-state index contributed by atoms with van der Waals surface area (Å²) in [6.45, 7) is 0.517. The lowest BCUT2D eigenvalue weighted by Crippen LogP contribution is -2.19. The van der Waals surface area contributed by atoms with Gasteiger partial charge in [0.15, 0.2) is 0 Å². The molecule has 0 aromatic heterocycles. The van der Waals surface area contributed by atoms with E-state index in [1.807, 2.05) is 18.2 Å². The van der Waals surface area contributed by atoms with Crippen LogP contribution in [0.15, 0.2) is 18.2 Å². The molecule has 1 saturated carbocycles. The first-order valence-electron chi connectivity index (χ1n) is 5.95. The van der Waals surface area contributed by atoms with Crippen molar-refractivity contribution in [3.8, 4) is 5.75 Å². The lowest BCUT2D eigenvalue weighted by atomic mass is 9.98. The molecule has 2 rings (SSSR count). The number of hydrogen-bond acceptors (Lipinski definition) is 2. The van der Waals surface area contributed by atoms with Crippen molar-refractivity contribution in [2.75, 3.05) is 0 Å². The first kappa shape index (κ1) is 11.7. The number of hydrogen-bond donors (Lipinski definition) is 1. The molecule has 0 heterocycles. The SMILES string of the molecule is NCc1ccc(OC2CCCCC2)c(Cl)c1. The molecule has 0 aliphatic heterocycles. The number of halogens is 1. The summed E-state index contributed by atoms with van der Waals surface area (Å²) in [5, 5.41) is 0.675. The van der Waals surface area contributed by atoms with Crippen LogP contribution in [0, 0.1) is 0 Å². The summed E-state index contributed by atoms with van der Waals surface area (Å²) >= 11 is 6.15. The van der Waals surface area contributed by atoms with E-state index >= 15 is 0 Å². The van der Waals surface area contributed by atoms with Gasteiger partial charge in [-0.2, -0.15) is 0 Å². The molecule has 3 heteroatoms. The minimum absolute atomic E-state index is 0.343. The Morgan fingerprint density at radius 2 is 2.00 bits per heavy atom. The van der Waals surface area contributed by atoms with Crippen molar-refractivity contribution in [1.29, 1.82) is 0 Å². The van der Waals surface area contributed by atoms with E-state index in [0.29, 0.717) is 17.7 Å². The molecule has 0 saturated heterocycles. The van der Waals surface area contributed by atoms with Gasteiger partial charge in [0, 0.05) is 6.54 Å². The highest BCUT2D eigenvalue weighted by Crippen LogP contribution is 2.29. The van der Waals surface area contributed by atoms with Crippen molar-refractivity contribution in [3.05, 3.63) is 28.8 Å². The predicted molar refractivity (Wildman–Crippen MR) is 66.8 cm³/mol. The van der Waals surface area contributed by atoms with Crippen LogP contribution in [0.5, 0.6) is 5.75 Å². The Labute approximate surface area is 102 Å². The summed E-state index contributed by atoms with van der Waals surface area (Å²) in [7, 11) is 0. The highest BCUT2D eigenvalue weighted by atomic mass is 35.5. The maximum absolute atomic E-state index is 6.15. The fourth-order valence-corrected chi connectivity index (χ4v) is 2.38. The summed E-state index contributed by atoms with van der Waals surface area (Å²) in [5.41, 5.74) is 6.60. The predicted octanol–water partition coefficient (Wildman–Crippen LogP) is 3.51. The van der Waals surface area contributed by atoms with Gasteiger partial charge in [0.25, 0.3) is 0 Å². The fourth-order valence-electron chi connectivity index (χ4n) is 2.13. The van der Waals surface area contributed by atoms with E-state index in [1.54, 1.807) is 0 Å². The molecule has 1 fully saturated rings. The second kappa shape index (κ2) is 5.55. The summed E-state index contributed by atoms with van der Waals surface area (Å²) in [5.74, 6) is 0.797. The van der Waals surface area contributed by atoms with Crippen LogP contribution in [-0.4, -0.2) is 6.10 Å². The molecule has 2 N–H and O–H groups in total. The van der Waals surface area contributed by atoms with Gasteiger partial charge in [-0.05, 0) is 43.4 Å². The average molecular weight is 240 g/mol. The van der Waals surface area contributed by atoms with E-state index < -0.39 is 0 Å². The maximum atomic E-state index is 6.15. The fraction of sp³-hybridized carbons (Fsp3) is 0.538. The zero-order valence-corrected chi connectivity index (χ0v) is 10.2. The molecule has 0 amide bonds. The zero-order valence-electron chi connectivity index (χ0n) is 9.42. The molecule has 0 spiro atoms. The standard InChI is InChI=1S/C13H18ClNO/c14-12-8-10(9-15)6-7-13(12)16-11-4-2-1-3-5-11/h6-8,11H,1-5,9,15H2. The van der Waals surface area contributed by atoms with Crippen LogP contribution < -0.4 is 10.5 Å². The van der Waals surface area contributed by atoms with Crippen LogP contribution in [0.2, 0.25) is 5.02 Å². The van der Waals surface area contributed by atoms with E-state index in [1.165, 1.54) is 19.3 Å². The van der Waals surface area contributed by atoms with E-state index in [9.17, 15) is 0 Å². The normalized spacial score (nSPS) is 17.4. The topological polar surface area (TPSA) is 35.2 Å². The molecule has 1 aliphatic carbocycles. The Morgan fingerprint density at radius 1 is 1.25 bits per heavy atom. The van der Waals surface area contributed by atoms with E-state index in [0.717, 1.165) is 24.2 Å². The summed E-state index contributed by atoms with van der Waals surface area (Å²) in [4.78, 5) is 0. The minimum Gasteiger partial charge on any atom is -0.489 e. The van der Waals surface area contributed by atoms with Crippen LogP contribution >= 0.6 is 11.6 Å². The van der Waals surface area contributed by atoms with Crippen LogP contribution in [0.25, 0.3) is 0 Å². The number of ether oxygens (including phenoxy) is 1. The van der Waals surface area contributed by atoms with Crippen molar-refractivity contribution >= 4 is 11.6 Å². The number of benzene rings is 1. The van der Waals surface area contributed by atoms with Gasteiger partial charge in [-0.25, -0.2) is 0 Å². The molecule has 1 aromatic carbocycles. The zero-order chi connectivity index (χ0) is 11.4. The third kappa shape index (κ3) is 2.89. The third-order valence-electron chi connectivity index (χ3n) is 3.08. The van der Waals surface area contributed by atoms with Crippen LogP contribution in [0.3, 0.4) is 0 Å². The Balaban J connectivity index is 2.03. The summed E-state index contributed by atoms with van der Waals surface area (Å²) in [6.07, 6.45) is 6.51. The van der Waals surface area contributed by atoms with Crippen molar-refractivity contribution in [2.45, 2.75) is 44.8 Å². The highest BCUT2D eigenvalue weighted by molar-refractivity contribution is 6.32. The lowest BCUT2D eigenvalue weighted by Gasteiger charge is -2.23. The first-order valence-corrected chi connectivity index (χ1v) is 6.32. The third-order valence-corrected chi connectivity index (χ3v) is 3.37. The van der Waals surface area contributed by atoms with Crippen molar-refractivity contribution in [1.82, 2.24) is 0 Å². The second-order valence-corrected chi connectivity index (χ2v) is 4.75. The molecule has 0 bridgehead atoms. The van der Waals surface area contributed by atoms with Crippen molar-refractivity contribution < 1.29 is 4.74 Å². The van der Waals surface area contributed by atoms with Gasteiger partial charge in [0.1, 0.15) is 5.75 Å². The van der Waals surface area contributed by atoms with Gasteiger partial charge in [-0.1, -0.05) is 24.1 Å². The molecule has 0 unspecified atom stereocenters. The smallest absolute Gasteiger partial charge is 0.138 e. The van der Waals surface area contributed by atoms with Gasteiger partial charge in [0.05, 0.1) is 11.1 Å². The molecule has 1 aromatic rings. The van der Waals surface area contributed by atoms with E-state index in [-0.39, 0.29) is 0 Å². The molecule has 0 radical (unpaired) electrons. The minimum atomic E-state index is 0.343. The number of nitrogens with two attached hydrogens (primary N) is 1. The van der Waals surface area contributed by atoms with Crippen molar-refractivity contribution in [2.24, 2.45) is 5.73 Å². The van der Waals surface area contributed by atoms with Crippen LogP contribution in [0.1, 0.15) is 37.7 Å². The van der Waals surface area contributed by atoms with Crippen LogP contribution in [0.4, 0.5) is 0 Å². The molecule has 2 nitrogen and oxygen atoms in total. The average Bonchev–Trinajstić information content (AvgIpc) is 2.33. The first-order chi connectivity index (χ1) is 7.79. The number of rotatable bonds is 3. The molecule has 0 atom stereocenters. The lowest BCUT2D eigenvalue weighted by molar-refractivity contribution is 0.155. The Morgan fingerprint density at radius 3 is 2.62 bits per heavy atom. The molecular formula is C13H18ClNO. The highest BCUT2D eigenvalue weighted by Gasteiger charge is 2.16. The summed E-state index contributed by atoms with van der Waals surface area (Å²) in [6, 6.07) is 5.79. The van der Waals surface area contributed by atoms with Gasteiger partial charge in [0.2, 0.25) is 0 Å². The Hall–Kier alpha value is -0.730. The molecule has 16 heavy (non-hydrogen) atoms. The largest absolute Gasteiger partial charge is 0.489 e. The Kier molecular flexibility index (Phi) is 4.08. The van der Waals surface area contributed by atoms with Crippen molar-refractivity contribution in [3.63, 3.8) is 0 Å².